The first-order valence-electron chi connectivity index (χ1n) is 7.14. The summed E-state index contributed by atoms with van der Waals surface area (Å²) < 4.78 is 0. The molecule has 1 aromatic heterocycles. The van der Waals surface area contributed by atoms with E-state index in [4.69, 9.17) is 0 Å². The number of piperidine rings is 1. The van der Waals surface area contributed by atoms with Gasteiger partial charge < -0.3 is 5.32 Å². The summed E-state index contributed by atoms with van der Waals surface area (Å²) in [5.74, 6) is 0. The standard InChI is InChI=1S/C15H25N3/c1-3-6-17-15-5-4-7-18(12-15)11-14-8-13(2)9-16-10-14/h8-10,15,17H,3-7,11-12H2,1-2H3. The van der Waals surface area contributed by atoms with Gasteiger partial charge in [-0.3, -0.25) is 9.88 Å². The van der Waals surface area contributed by atoms with E-state index >= 15 is 0 Å². The smallest absolute Gasteiger partial charge is 0.0313 e. The molecule has 0 radical (unpaired) electrons. The lowest BCUT2D eigenvalue weighted by molar-refractivity contribution is 0.183. The SMILES string of the molecule is CCCNC1CCCN(Cc2cncc(C)c2)C1. The van der Waals surface area contributed by atoms with Gasteiger partial charge in [-0.15, -0.1) is 0 Å². The van der Waals surface area contributed by atoms with Crippen LogP contribution in [0.3, 0.4) is 0 Å². The van der Waals surface area contributed by atoms with Gasteiger partial charge in [0.2, 0.25) is 0 Å². The molecule has 0 saturated carbocycles. The first-order valence-corrected chi connectivity index (χ1v) is 7.14. The van der Waals surface area contributed by atoms with Crippen molar-refractivity contribution in [3.63, 3.8) is 0 Å². The highest BCUT2D eigenvalue weighted by Gasteiger charge is 2.19. The normalized spacial score (nSPS) is 21.1. The molecule has 1 atom stereocenters. The van der Waals surface area contributed by atoms with E-state index in [1.165, 1.54) is 43.5 Å². The summed E-state index contributed by atoms with van der Waals surface area (Å²) in [4.78, 5) is 6.82. The van der Waals surface area contributed by atoms with Crippen LogP contribution in [0, 0.1) is 6.92 Å². The quantitative estimate of drug-likeness (QED) is 0.865. The third-order valence-corrected chi connectivity index (χ3v) is 3.53. The van der Waals surface area contributed by atoms with Crippen LogP contribution in [0.2, 0.25) is 0 Å². The molecule has 0 aromatic carbocycles. The second-order valence-corrected chi connectivity index (χ2v) is 5.40. The summed E-state index contributed by atoms with van der Waals surface area (Å²) in [5.41, 5.74) is 2.59. The number of likely N-dealkylation sites (tertiary alicyclic amines) is 1. The van der Waals surface area contributed by atoms with Crippen molar-refractivity contribution in [1.29, 1.82) is 0 Å². The van der Waals surface area contributed by atoms with E-state index < -0.39 is 0 Å². The Morgan fingerprint density at radius 3 is 3.11 bits per heavy atom. The number of aryl methyl sites for hydroxylation is 1. The van der Waals surface area contributed by atoms with Crippen LogP contribution in [0.5, 0.6) is 0 Å². The van der Waals surface area contributed by atoms with Crippen LogP contribution in [0.25, 0.3) is 0 Å². The number of nitrogens with one attached hydrogen (secondary N) is 1. The van der Waals surface area contributed by atoms with E-state index in [0.717, 1.165) is 13.1 Å². The van der Waals surface area contributed by atoms with Crippen LogP contribution in [0.1, 0.15) is 37.3 Å². The Balaban J connectivity index is 1.85. The zero-order chi connectivity index (χ0) is 12.8. The van der Waals surface area contributed by atoms with Crippen LogP contribution in [-0.4, -0.2) is 35.6 Å². The van der Waals surface area contributed by atoms with Crippen molar-refractivity contribution in [2.24, 2.45) is 0 Å². The number of nitrogens with zero attached hydrogens (tertiary/aromatic N) is 2. The maximum atomic E-state index is 4.28. The van der Waals surface area contributed by atoms with Crippen LogP contribution in [0.4, 0.5) is 0 Å². The fraction of sp³-hybridized carbons (Fsp3) is 0.667. The number of aromatic nitrogens is 1. The summed E-state index contributed by atoms with van der Waals surface area (Å²) in [5, 5.41) is 3.64. The molecule has 0 amide bonds. The highest BCUT2D eigenvalue weighted by atomic mass is 15.2. The molecule has 3 nitrogen and oxygen atoms in total. The minimum atomic E-state index is 0.677. The largest absolute Gasteiger partial charge is 0.313 e. The summed E-state index contributed by atoms with van der Waals surface area (Å²) in [7, 11) is 0. The lowest BCUT2D eigenvalue weighted by atomic mass is 10.0. The van der Waals surface area contributed by atoms with Gasteiger partial charge in [0, 0.05) is 31.5 Å². The van der Waals surface area contributed by atoms with Crippen molar-refractivity contribution in [1.82, 2.24) is 15.2 Å². The Bertz CT molecular complexity index is 365. The number of hydrogen-bond acceptors (Lipinski definition) is 3. The molecule has 1 aromatic rings. The van der Waals surface area contributed by atoms with Gasteiger partial charge in [-0.25, -0.2) is 0 Å². The molecule has 3 heteroatoms. The van der Waals surface area contributed by atoms with Crippen molar-refractivity contribution >= 4 is 0 Å². The molecule has 1 saturated heterocycles. The maximum Gasteiger partial charge on any atom is 0.0313 e. The summed E-state index contributed by atoms with van der Waals surface area (Å²) >= 11 is 0. The summed E-state index contributed by atoms with van der Waals surface area (Å²) in [6.07, 6.45) is 7.77. The van der Waals surface area contributed by atoms with Crippen molar-refractivity contribution in [3.05, 3.63) is 29.6 Å². The average Bonchev–Trinajstić information content (AvgIpc) is 2.37. The van der Waals surface area contributed by atoms with E-state index in [1.807, 2.05) is 12.4 Å². The Morgan fingerprint density at radius 2 is 2.33 bits per heavy atom. The van der Waals surface area contributed by atoms with Crippen LogP contribution < -0.4 is 5.32 Å². The molecular formula is C15H25N3. The van der Waals surface area contributed by atoms with Crippen molar-refractivity contribution < 1.29 is 0 Å². The fourth-order valence-corrected chi connectivity index (χ4v) is 2.68. The minimum absolute atomic E-state index is 0.677. The monoisotopic (exact) mass is 247 g/mol. The lowest BCUT2D eigenvalue weighted by Gasteiger charge is -2.33. The molecule has 0 spiro atoms. The Labute approximate surface area is 111 Å². The number of pyridine rings is 1. The summed E-state index contributed by atoms with van der Waals surface area (Å²) in [6.45, 7) is 8.92. The minimum Gasteiger partial charge on any atom is -0.313 e. The van der Waals surface area contributed by atoms with Gasteiger partial charge in [-0.05, 0) is 50.4 Å². The van der Waals surface area contributed by atoms with E-state index in [2.05, 4.69) is 35.1 Å². The Kier molecular flexibility index (Phi) is 5.14. The van der Waals surface area contributed by atoms with Crippen molar-refractivity contribution in [2.45, 2.75) is 45.7 Å². The molecule has 1 aliphatic heterocycles. The van der Waals surface area contributed by atoms with Gasteiger partial charge in [0.15, 0.2) is 0 Å². The van der Waals surface area contributed by atoms with Gasteiger partial charge in [0.05, 0.1) is 0 Å². The molecule has 0 bridgehead atoms. The highest BCUT2D eigenvalue weighted by molar-refractivity contribution is 5.16. The van der Waals surface area contributed by atoms with Crippen LogP contribution >= 0.6 is 0 Å². The van der Waals surface area contributed by atoms with Gasteiger partial charge in [0.25, 0.3) is 0 Å². The zero-order valence-corrected chi connectivity index (χ0v) is 11.7. The maximum absolute atomic E-state index is 4.28. The molecule has 1 fully saturated rings. The van der Waals surface area contributed by atoms with E-state index in [0.29, 0.717) is 6.04 Å². The molecule has 2 rings (SSSR count). The predicted octanol–water partition coefficient (Wildman–Crippen LogP) is 2.35. The zero-order valence-electron chi connectivity index (χ0n) is 11.7. The average molecular weight is 247 g/mol. The van der Waals surface area contributed by atoms with Gasteiger partial charge >= 0.3 is 0 Å². The number of rotatable bonds is 5. The second-order valence-electron chi connectivity index (χ2n) is 5.40. The van der Waals surface area contributed by atoms with Gasteiger partial charge in [-0.2, -0.15) is 0 Å². The molecule has 100 valence electrons. The highest BCUT2D eigenvalue weighted by Crippen LogP contribution is 2.14. The Morgan fingerprint density at radius 1 is 1.44 bits per heavy atom. The number of hydrogen-bond donors (Lipinski definition) is 1. The van der Waals surface area contributed by atoms with E-state index in [9.17, 15) is 0 Å². The molecule has 1 aliphatic rings. The second kappa shape index (κ2) is 6.86. The molecule has 1 N–H and O–H groups in total. The van der Waals surface area contributed by atoms with Crippen molar-refractivity contribution in [3.8, 4) is 0 Å². The first kappa shape index (κ1) is 13.5. The van der Waals surface area contributed by atoms with Gasteiger partial charge in [0.1, 0.15) is 0 Å². The first-order chi connectivity index (χ1) is 8.78. The molecular weight excluding hydrogens is 222 g/mol. The van der Waals surface area contributed by atoms with Gasteiger partial charge in [-0.1, -0.05) is 13.0 Å². The van der Waals surface area contributed by atoms with Crippen LogP contribution in [-0.2, 0) is 6.54 Å². The van der Waals surface area contributed by atoms with Crippen LogP contribution in [0.15, 0.2) is 18.5 Å². The summed E-state index contributed by atoms with van der Waals surface area (Å²) in [6, 6.07) is 2.92. The topological polar surface area (TPSA) is 28.2 Å². The van der Waals surface area contributed by atoms with E-state index in [1.54, 1.807) is 0 Å². The predicted molar refractivity (Wildman–Crippen MR) is 75.6 cm³/mol. The molecule has 0 aliphatic carbocycles. The third kappa shape index (κ3) is 4.07. The molecule has 2 heterocycles. The third-order valence-electron chi connectivity index (χ3n) is 3.53. The fourth-order valence-electron chi connectivity index (χ4n) is 2.68. The Hall–Kier alpha value is -0.930. The van der Waals surface area contributed by atoms with Crippen molar-refractivity contribution in [2.75, 3.05) is 19.6 Å². The molecule has 18 heavy (non-hydrogen) atoms. The van der Waals surface area contributed by atoms with E-state index in [-0.39, 0.29) is 0 Å². The lowest BCUT2D eigenvalue weighted by Crippen LogP contribution is -2.45. The molecule has 1 unspecified atom stereocenters.